The summed E-state index contributed by atoms with van der Waals surface area (Å²) in [5, 5.41) is 15.7. The number of carbonyl (C=O) groups excluding carboxylic acids is 1. The minimum Gasteiger partial charge on any atom is -0.422 e. The second kappa shape index (κ2) is 9.95. The van der Waals surface area contributed by atoms with E-state index in [-0.39, 0.29) is 31.2 Å². The van der Waals surface area contributed by atoms with Crippen LogP contribution in [0, 0.1) is 0 Å². The van der Waals surface area contributed by atoms with Crippen LogP contribution in [0.2, 0.25) is 0 Å². The second-order valence-electron chi connectivity index (χ2n) is 8.52. The summed E-state index contributed by atoms with van der Waals surface area (Å²) in [7, 11) is 0. The summed E-state index contributed by atoms with van der Waals surface area (Å²) in [4.78, 5) is 28.4. The molecule has 36 heavy (non-hydrogen) atoms. The van der Waals surface area contributed by atoms with Gasteiger partial charge in [0, 0.05) is 18.5 Å². The van der Waals surface area contributed by atoms with Crippen molar-refractivity contribution in [2.75, 3.05) is 23.4 Å². The molecule has 1 fully saturated rings. The van der Waals surface area contributed by atoms with Crippen molar-refractivity contribution in [3.8, 4) is 17.3 Å². The van der Waals surface area contributed by atoms with E-state index in [9.17, 15) is 18.7 Å². The molecule has 1 saturated heterocycles. The van der Waals surface area contributed by atoms with Gasteiger partial charge in [-0.3, -0.25) is 5.32 Å². The number of alkyl halides is 2. The number of rotatable bonds is 6. The number of halogens is 2. The minimum atomic E-state index is -2.98. The number of aliphatic hydroxyl groups is 1. The number of ether oxygens (including phenoxy) is 2. The largest absolute Gasteiger partial charge is 0.422 e. The molecule has 0 aromatic carbocycles. The summed E-state index contributed by atoms with van der Waals surface area (Å²) in [6.07, 6.45) is 1.35. The number of urea groups is 1. The number of oxazole rings is 1. The fraction of sp³-hybridized carbons (Fsp3) is 0.455. The Morgan fingerprint density at radius 2 is 2.14 bits per heavy atom. The average Bonchev–Trinajstić information content (AvgIpc) is 3.54. The first-order chi connectivity index (χ1) is 17.3. The van der Waals surface area contributed by atoms with Crippen molar-refractivity contribution in [3.05, 3.63) is 35.0 Å². The van der Waals surface area contributed by atoms with Crippen LogP contribution in [0.5, 0.6) is 5.88 Å². The molecule has 11 nitrogen and oxygen atoms in total. The Morgan fingerprint density at radius 3 is 2.89 bits per heavy atom. The highest BCUT2D eigenvalue weighted by molar-refractivity contribution is 7.16. The van der Waals surface area contributed by atoms with Crippen LogP contribution in [0.1, 0.15) is 30.5 Å². The lowest BCUT2D eigenvalue weighted by Crippen LogP contribution is -2.44. The van der Waals surface area contributed by atoms with E-state index in [2.05, 4.69) is 30.3 Å². The summed E-state index contributed by atoms with van der Waals surface area (Å²) in [6, 6.07) is 3.75. The Hall–Kier alpha value is -3.36. The Labute approximate surface area is 208 Å². The van der Waals surface area contributed by atoms with Gasteiger partial charge in [-0.25, -0.2) is 19.7 Å². The van der Waals surface area contributed by atoms with Crippen LogP contribution in [-0.2, 0) is 11.2 Å². The zero-order valence-electron chi connectivity index (χ0n) is 19.4. The molecule has 3 aromatic rings. The van der Waals surface area contributed by atoms with Gasteiger partial charge in [0.1, 0.15) is 5.69 Å². The molecule has 2 aliphatic heterocycles. The number of aliphatic hydroxyl groups excluding tert-OH is 1. The zero-order valence-corrected chi connectivity index (χ0v) is 20.2. The van der Waals surface area contributed by atoms with E-state index in [1.165, 1.54) is 23.6 Å². The van der Waals surface area contributed by atoms with Crippen molar-refractivity contribution in [2.24, 2.45) is 0 Å². The third-order valence-electron chi connectivity index (χ3n) is 5.98. The van der Waals surface area contributed by atoms with E-state index in [1.807, 2.05) is 18.7 Å². The molecule has 3 aromatic heterocycles. The monoisotopic (exact) mass is 522 g/mol. The van der Waals surface area contributed by atoms with Crippen LogP contribution in [0.15, 0.2) is 28.8 Å². The number of thiazole rings is 1. The van der Waals surface area contributed by atoms with Gasteiger partial charge in [0.15, 0.2) is 10.9 Å². The summed E-state index contributed by atoms with van der Waals surface area (Å²) in [6.45, 7) is 1.47. The summed E-state index contributed by atoms with van der Waals surface area (Å²) in [5.74, 6) is 0.102. The highest BCUT2D eigenvalue weighted by Gasteiger charge is 2.35. The molecule has 5 heterocycles. The van der Waals surface area contributed by atoms with Crippen molar-refractivity contribution in [3.63, 3.8) is 0 Å². The number of anilines is 2. The first-order valence-corrected chi connectivity index (χ1v) is 12.1. The van der Waals surface area contributed by atoms with Crippen LogP contribution in [0.4, 0.5) is 24.7 Å². The number of hydrogen-bond donors (Lipinski definition) is 3. The van der Waals surface area contributed by atoms with Gasteiger partial charge >= 0.3 is 12.6 Å². The van der Waals surface area contributed by atoms with Crippen molar-refractivity contribution < 1.29 is 32.6 Å². The smallest absolute Gasteiger partial charge is 0.388 e. The first kappa shape index (κ1) is 24.3. The third-order valence-corrected chi connectivity index (χ3v) is 7.16. The van der Waals surface area contributed by atoms with E-state index in [1.54, 1.807) is 12.1 Å². The highest BCUT2D eigenvalue weighted by Crippen LogP contribution is 2.41. The predicted octanol–water partition coefficient (Wildman–Crippen LogP) is 3.19. The van der Waals surface area contributed by atoms with Gasteiger partial charge in [0.2, 0.25) is 5.88 Å². The number of nitrogens with zero attached hydrogens (tertiary/aromatic N) is 4. The Morgan fingerprint density at radius 1 is 1.31 bits per heavy atom. The molecule has 0 unspecified atom stereocenters. The molecule has 0 aliphatic carbocycles. The number of carbonyl (C=O) groups is 1. The molecule has 5 rings (SSSR count). The zero-order chi connectivity index (χ0) is 25.4. The summed E-state index contributed by atoms with van der Waals surface area (Å²) >= 11 is 1.35. The molecule has 4 atom stereocenters. The molecule has 0 bridgehead atoms. The SMILES string of the molecule is C[C@@H]1Cc2nc(NC(=O)N[C@@H]3COC[C@H]3O)sc2[C@H](C)N1c1ncc(-c2cccc(OC(F)F)n2)o1. The Balaban J connectivity index is 1.31. The molecule has 192 valence electrons. The maximum absolute atomic E-state index is 12.5. The second-order valence-corrected chi connectivity index (χ2v) is 9.55. The van der Waals surface area contributed by atoms with Gasteiger partial charge in [-0.05, 0) is 19.9 Å². The summed E-state index contributed by atoms with van der Waals surface area (Å²) < 4.78 is 40.6. The van der Waals surface area contributed by atoms with Crippen LogP contribution < -0.4 is 20.3 Å². The average molecular weight is 523 g/mol. The van der Waals surface area contributed by atoms with Crippen LogP contribution in [-0.4, -0.2) is 64.1 Å². The van der Waals surface area contributed by atoms with E-state index in [0.717, 1.165) is 10.6 Å². The Bertz CT molecular complexity index is 1240. The maximum Gasteiger partial charge on any atom is 0.388 e. The van der Waals surface area contributed by atoms with Gasteiger partial charge in [0.25, 0.3) is 6.01 Å². The van der Waals surface area contributed by atoms with Crippen LogP contribution in [0.3, 0.4) is 0 Å². The fourth-order valence-corrected chi connectivity index (χ4v) is 5.36. The van der Waals surface area contributed by atoms with Crippen molar-refractivity contribution >= 4 is 28.5 Å². The molecule has 2 amide bonds. The molecule has 0 spiro atoms. The standard InChI is InChI=1S/C22H24F2N6O5S/c1-10-6-13-18(36-21(28-13)29-20(32)27-14-8-33-9-15(14)31)11(2)30(10)22-25-7-16(34-22)12-4-3-5-17(26-12)35-19(23)24/h3-5,7,10-11,14-15,19,31H,6,8-9H2,1-2H3,(H2,27,28,29,32)/t10-,11+,14-,15-/m1/s1. The Kier molecular flexibility index (Phi) is 6.73. The fourth-order valence-electron chi connectivity index (χ4n) is 4.32. The first-order valence-electron chi connectivity index (χ1n) is 11.3. The van der Waals surface area contributed by atoms with E-state index < -0.39 is 24.8 Å². The van der Waals surface area contributed by atoms with E-state index in [4.69, 9.17) is 9.15 Å². The lowest BCUT2D eigenvalue weighted by atomic mass is 10.0. The van der Waals surface area contributed by atoms with Gasteiger partial charge in [0.05, 0.1) is 48.2 Å². The molecular formula is C22H24F2N6O5S. The number of hydrogen-bond acceptors (Lipinski definition) is 10. The number of pyridine rings is 1. The molecule has 0 radical (unpaired) electrons. The van der Waals surface area contributed by atoms with Crippen molar-refractivity contribution in [1.82, 2.24) is 20.3 Å². The number of aromatic nitrogens is 3. The maximum atomic E-state index is 12.5. The third kappa shape index (κ3) is 4.96. The van der Waals surface area contributed by atoms with E-state index >= 15 is 0 Å². The van der Waals surface area contributed by atoms with Crippen LogP contribution >= 0.6 is 11.3 Å². The lowest BCUT2D eigenvalue weighted by Gasteiger charge is -2.36. The van der Waals surface area contributed by atoms with Crippen LogP contribution in [0.25, 0.3) is 11.5 Å². The topological polar surface area (TPSA) is 135 Å². The highest BCUT2D eigenvalue weighted by atomic mass is 32.1. The summed E-state index contributed by atoms with van der Waals surface area (Å²) in [5.41, 5.74) is 1.19. The van der Waals surface area contributed by atoms with Crippen molar-refractivity contribution in [1.29, 1.82) is 0 Å². The minimum absolute atomic E-state index is 0.0185. The van der Waals surface area contributed by atoms with Gasteiger partial charge < -0.3 is 29.2 Å². The van der Waals surface area contributed by atoms with Crippen molar-refractivity contribution in [2.45, 2.75) is 51.1 Å². The molecule has 14 heteroatoms. The molecule has 0 saturated carbocycles. The normalized spacial score (nSPS) is 23.6. The molecule has 2 aliphatic rings. The van der Waals surface area contributed by atoms with Gasteiger partial charge in [-0.15, -0.1) is 0 Å². The van der Waals surface area contributed by atoms with Gasteiger partial charge in [-0.2, -0.15) is 8.78 Å². The number of nitrogens with one attached hydrogen (secondary N) is 2. The predicted molar refractivity (Wildman–Crippen MR) is 125 cm³/mol. The quantitative estimate of drug-likeness (QED) is 0.446. The lowest BCUT2D eigenvalue weighted by molar-refractivity contribution is -0.0527. The molecular weight excluding hydrogens is 498 g/mol. The number of amides is 2. The number of fused-ring (bicyclic) bond motifs is 1. The van der Waals surface area contributed by atoms with Gasteiger partial charge in [-0.1, -0.05) is 17.4 Å². The van der Waals surface area contributed by atoms with E-state index in [0.29, 0.717) is 29.0 Å². The molecule has 3 N–H and O–H groups in total.